The highest BCUT2D eigenvalue weighted by Crippen LogP contribution is 2.35. The molecule has 160 valence electrons. The van der Waals surface area contributed by atoms with Crippen LogP contribution in [0.3, 0.4) is 0 Å². The topological polar surface area (TPSA) is 63.7 Å². The van der Waals surface area contributed by atoms with Crippen LogP contribution in [0.2, 0.25) is 0 Å². The van der Waals surface area contributed by atoms with Gasteiger partial charge in [-0.25, -0.2) is 4.79 Å². The maximum Gasteiger partial charge on any atom is 0.339 e. The van der Waals surface area contributed by atoms with Crippen LogP contribution in [0.25, 0.3) is 0 Å². The smallest absolute Gasteiger partial charge is 0.339 e. The SMILES string of the molecule is CC(C)(C)C(=O)COC(=O)c1ccccc1SCC(=O)N1CCCC1c1cccs1. The lowest BCUT2D eigenvalue weighted by molar-refractivity contribution is -0.130. The van der Waals surface area contributed by atoms with Crippen molar-refractivity contribution in [3.8, 4) is 0 Å². The fraction of sp³-hybridized carbons (Fsp3) is 0.435. The second kappa shape index (κ2) is 9.79. The van der Waals surface area contributed by atoms with Crippen LogP contribution in [-0.2, 0) is 14.3 Å². The summed E-state index contributed by atoms with van der Waals surface area (Å²) in [4.78, 5) is 41.3. The second-order valence-corrected chi connectivity index (χ2v) is 10.3. The van der Waals surface area contributed by atoms with E-state index < -0.39 is 11.4 Å². The first-order valence-electron chi connectivity index (χ1n) is 10.0. The first-order valence-corrected chi connectivity index (χ1v) is 11.9. The summed E-state index contributed by atoms with van der Waals surface area (Å²) >= 11 is 3.02. The summed E-state index contributed by atoms with van der Waals surface area (Å²) in [6, 6.07) is 11.3. The van der Waals surface area contributed by atoms with Crippen LogP contribution in [0.15, 0.2) is 46.7 Å². The number of carbonyl (C=O) groups excluding carboxylic acids is 3. The highest BCUT2D eigenvalue weighted by molar-refractivity contribution is 8.00. The number of amides is 1. The van der Waals surface area contributed by atoms with E-state index in [1.807, 2.05) is 22.4 Å². The van der Waals surface area contributed by atoms with Gasteiger partial charge in [-0.2, -0.15) is 0 Å². The van der Waals surface area contributed by atoms with Crippen molar-refractivity contribution in [2.24, 2.45) is 5.41 Å². The Morgan fingerprint density at radius 3 is 2.63 bits per heavy atom. The number of Topliss-reactive ketones (excluding diaryl/α,β-unsaturated/α-hetero) is 1. The van der Waals surface area contributed by atoms with Crippen LogP contribution in [0.5, 0.6) is 0 Å². The number of nitrogens with zero attached hydrogens (tertiary/aromatic N) is 1. The molecular formula is C23H27NO4S2. The first kappa shape index (κ1) is 22.6. The number of likely N-dealkylation sites (tertiary alicyclic amines) is 1. The summed E-state index contributed by atoms with van der Waals surface area (Å²) in [6.45, 7) is 5.89. The third-order valence-corrected chi connectivity index (χ3v) is 7.11. The van der Waals surface area contributed by atoms with Gasteiger partial charge in [0, 0.05) is 21.7 Å². The van der Waals surface area contributed by atoms with E-state index in [-0.39, 0.29) is 30.1 Å². The number of ether oxygens (including phenoxy) is 1. The van der Waals surface area contributed by atoms with E-state index in [0.717, 1.165) is 19.4 Å². The molecule has 2 aromatic rings. The number of benzene rings is 1. The molecule has 0 bridgehead atoms. The fourth-order valence-electron chi connectivity index (χ4n) is 3.25. The summed E-state index contributed by atoms with van der Waals surface area (Å²) < 4.78 is 5.23. The Bertz CT molecular complexity index is 902. The van der Waals surface area contributed by atoms with Crippen LogP contribution in [0, 0.1) is 5.41 Å². The molecule has 2 heterocycles. The number of thioether (sulfide) groups is 1. The molecule has 0 saturated carbocycles. The van der Waals surface area contributed by atoms with Gasteiger partial charge in [0.1, 0.15) is 0 Å². The van der Waals surface area contributed by atoms with Crippen LogP contribution in [0.4, 0.5) is 0 Å². The van der Waals surface area contributed by atoms with Gasteiger partial charge >= 0.3 is 5.97 Å². The van der Waals surface area contributed by atoms with Gasteiger partial charge in [0.05, 0.1) is 17.4 Å². The molecule has 1 aliphatic rings. The number of hydrogen-bond acceptors (Lipinski definition) is 6. The summed E-state index contributed by atoms with van der Waals surface area (Å²) in [5.41, 5.74) is -0.177. The normalized spacial score (nSPS) is 16.5. The molecule has 1 fully saturated rings. The van der Waals surface area contributed by atoms with Gasteiger partial charge in [0.2, 0.25) is 5.91 Å². The molecule has 3 rings (SSSR count). The third-order valence-electron chi connectivity index (χ3n) is 5.07. The van der Waals surface area contributed by atoms with Gasteiger partial charge < -0.3 is 9.64 Å². The van der Waals surface area contributed by atoms with Crippen molar-refractivity contribution < 1.29 is 19.1 Å². The summed E-state index contributed by atoms with van der Waals surface area (Å²) in [7, 11) is 0. The Kier molecular flexibility index (Phi) is 7.36. The van der Waals surface area contributed by atoms with Gasteiger partial charge in [0.25, 0.3) is 0 Å². The molecule has 1 saturated heterocycles. The number of esters is 1. The van der Waals surface area contributed by atoms with E-state index in [0.29, 0.717) is 10.5 Å². The molecule has 5 nitrogen and oxygen atoms in total. The van der Waals surface area contributed by atoms with E-state index >= 15 is 0 Å². The lowest BCUT2D eigenvalue weighted by atomic mass is 9.91. The Labute approximate surface area is 185 Å². The predicted octanol–water partition coefficient (Wildman–Crippen LogP) is 4.98. The van der Waals surface area contributed by atoms with E-state index in [9.17, 15) is 14.4 Å². The molecule has 0 N–H and O–H groups in total. The van der Waals surface area contributed by atoms with Crippen molar-refractivity contribution >= 4 is 40.8 Å². The Morgan fingerprint density at radius 1 is 1.17 bits per heavy atom. The average molecular weight is 446 g/mol. The minimum absolute atomic E-state index is 0.0713. The molecule has 0 spiro atoms. The van der Waals surface area contributed by atoms with Gasteiger partial charge in [-0.1, -0.05) is 39.0 Å². The zero-order chi connectivity index (χ0) is 21.7. The fourth-order valence-corrected chi connectivity index (χ4v) is 5.05. The predicted molar refractivity (Wildman–Crippen MR) is 120 cm³/mol. The molecule has 7 heteroatoms. The van der Waals surface area contributed by atoms with Crippen molar-refractivity contribution in [2.45, 2.75) is 44.6 Å². The van der Waals surface area contributed by atoms with Crippen LogP contribution < -0.4 is 0 Å². The number of ketones is 1. The average Bonchev–Trinajstić information content (AvgIpc) is 3.40. The highest BCUT2D eigenvalue weighted by Gasteiger charge is 2.30. The molecule has 0 radical (unpaired) electrons. The van der Waals surface area contributed by atoms with E-state index in [1.165, 1.54) is 16.6 Å². The lowest BCUT2D eigenvalue weighted by Gasteiger charge is -2.24. The molecule has 1 atom stereocenters. The van der Waals surface area contributed by atoms with E-state index in [2.05, 4.69) is 6.07 Å². The van der Waals surface area contributed by atoms with Gasteiger partial charge in [-0.3, -0.25) is 9.59 Å². The molecule has 1 aliphatic heterocycles. The summed E-state index contributed by atoms with van der Waals surface area (Å²) in [5.74, 6) is -0.347. The van der Waals surface area contributed by atoms with E-state index in [4.69, 9.17) is 4.74 Å². The molecule has 1 amide bonds. The monoisotopic (exact) mass is 445 g/mol. The molecular weight excluding hydrogens is 418 g/mol. The number of thiophene rings is 1. The van der Waals surface area contributed by atoms with Crippen molar-refractivity contribution in [3.63, 3.8) is 0 Å². The molecule has 1 unspecified atom stereocenters. The summed E-state index contributed by atoms with van der Waals surface area (Å²) in [6.07, 6.45) is 1.99. The molecule has 1 aromatic heterocycles. The highest BCUT2D eigenvalue weighted by atomic mass is 32.2. The van der Waals surface area contributed by atoms with Crippen molar-refractivity contribution in [2.75, 3.05) is 18.9 Å². The quantitative estimate of drug-likeness (QED) is 0.444. The molecule has 1 aromatic carbocycles. The zero-order valence-electron chi connectivity index (χ0n) is 17.6. The maximum absolute atomic E-state index is 12.9. The van der Waals surface area contributed by atoms with Crippen LogP contribution in [0.1, 0.15) is 54.9 Å². The second-order valence-electron chi connectivity index (χ2n) is 8.29. The standard InChI is InChI=1S/C23H27NO4S2/c1-23(2,3)20(25)14-28-22(27)16-8-4-5-10-18(16)30-15-21(26)24-12-6-9-17(24)19-11-7-13-29-19/h4-5,7-8,10-11,13,17H,6,9,12,14-15H2,1-3H3. The van der Waals surface area contributed by atoms with Crippen LogP contribution >= 0.6 is 23.1 Å². The largest absolute Gasteiger partial charge is 0.454 e. The number of hydrogen-bond donors (Lipinski definition) is 0. The van der Waals surface area contributed by atoms with Crippen LogP contribution in [-0.4, -0.2) is 41.5 Å². The number of rotatable bonds is 7. The lowest BCUT2D eigenvalue weighted by Crippen LogP contribution is -2.31. The van der Waals surface area contributed by atoms with Crippen molar-refractivity contribution in [1.29, 1.82) is 0 Å². The van der Waals surface area contributed by atoms with Crippen molar-refractivity contribution in [1.82, 2.24) is 4.90 Å². The third kappa shape index (κ3) is 5.52. The molecule has 0 aliphatic carbocycles. The van der Waals surface area contributed by atoms with Gasteiger partial charge in [-0.15, -0.1) is 23.1 Å². The number of carbonyl (C=O) groups is 3. The van der Waals surface area contributed by atoms with Crippen molar-refractivity contribution in [3.05, 3.63) is 52.2 Å². The minimum atomic E-state index is -0.560. The summed E-state index contributed by atoms with van der Waals surface area (Å²) in [5, 5.41) is 2.04. The minimum Gasteiger partial charge on any atom is -0.454 e. The Morgan fingerprint density at radius 2 is 1.93 bits per heavy atom. The Hall–Kier alpha value is -2.12. The van der Waals surface area contributed by atoms with Gasteiger partial charge in [0.15, 0.2) is 12.4 Å². The first-order chi connectivity index (χ1) is 14.3. The molecule has 30 heavy (non-hydrogen) atoms. The van der Waals surface area contributed by atoms with E-state index in [1.54, 1.807) is 50.3 Å². The van der Waals surface area contributed by atoms with Gasteiger partial charge in [-0.05, 0) is 36.4 Å². The Balaban J connectivity index is 1.61. The zero-order valence-corrected chi connectivity index (χ0v) is 19.2. The maximum atomic E-state index is 12.9.